The second-order valence-corrected chi connectivity index (χ2v) is 32.4. The summed E-state index contributed by atoms with van der Waals surface area (Å²) in [5, 5.41) is -6.85. The molecule has 0 aliphatic carbocycles. The quantitative estimate of drug-likeness (QED) is 0.0394. The van der Waals surface area contributed by atoms with E-state index in [0.717, 1.165) is 79.5 Å². The molecule has 0 spiro atoms. The van der Waals surface area contributed by atoms with E-state index in [-0.39, 0.29) is 22.6 Å². The van der Waals surface area contributed by atoms with Crippen LogP contribution in [-0.2, 0) is 5.41 Å². The maximum Gasteiger partial charge on any atom is 0.269 e. The van der Waals surface area contributed by atoms with Crippen LogP contribution in [0.5, 0.6) is 11.5 Å². The Kier molecular flexibility index (Phi) is 8.69. The van der Waals surface area contributed by atoms with Crippen LogP contribution in [0, 0.1) is 6.33 Å². The molecule has 510 valence electrons. The molecule has 107 heavy (non-hydrogen) atoms. The van der Waals surface area contributed by atoms with Crippen LogP contribution in [0.4, 0.5) is 0 Å². The fourth-order valence-corrected chi connectivity index (χ4v) is 21.3. The van der Waals surface area contributed by atoms with Gasteiger partial charge in [-0.15, -0.1) is 0 Å². The van der Waals surface area contributed by atoms with Gasteiger partial charge in [-0.2, -0.15) is 0 Å². The van der Waals surface area contributed by atoms with Gasteiger partial charge >= 0.3 is 0 Å². The molecule has 3 heterocycles. The molecule has 0 aliphatic rings. The Morgan fingerprint density at radius 3 is 1.53 bits per heavy atom. The zero-order valence-corrected chi connectivity index (χ0v) is 58.4. The lowest BCUT2D eigenvalue weighted by Crippen LogP contribution is -2.76. The molecule has 0 fully saturated rings. The van der Waals surface area contributed by atoms with Crippen molar-refractivity contribution >= 4 is 90.5 Å². The maximum atomic E-state index is 11.1. The fourth-order valence-electron chi connectivity index (χ4n) is 13.6. The van der Waals surface area contributed by atoms with Crippen LogP contribution in [0.15, 0.2) is 405 Å². The van der Waals surface area contributed by atoms with Crippen molar-refractivity contribution in [3.63, 3.8) is 0 Å². The molecular formula is C100H76N4OSi2. The molecule has 7 heteroatoms. The van der Waals surface area contributed by atoms with E-state index < -0.39 is 391 Å². The maximum absolute atomic E-state index is 11.1. The van der Waals surface area contributed by atoms with Gasteiger partial charge in [-0.25, -0.2) is 4.98 Å². The van der Waals surface area contributed by atoms with Gasteiger partial charge in [0.2, 0.25) is 0 Å². The Balaban J connectivity index is 1.09. The van der Waals surface area contributed by atoms with E-state index in [0.29, 0.717) is 11.3 Å². The lowest BCUT2D eigenvalue weighted by atomic mass is 9.88. The summed E-state index contributed by atoms with van der Waals surface area (Å²) in [5.41, 5.74) is -7.66. The number of imidazole rings is 1. The van der Waals surface area contributed by atoms with Gasteiger partial charge in [-0.3, -0.25) is 13.7 Å². The highest BCUT2D eigenvalue weighted by atomic mass is 28.3. The van der Waals surface area contributed by atoms with Gasteiger partial charge in [0, 0.05) is 23.0 Å². The zero-order valence-electron chi connectivity index (χ0n) is 101. The van der Waals surface area contributed by atoms with Crippen LogP contribution in [-0.4, -0.2) is 30.3 Å². The van der Waals surface area contributed by atoms with E-state index in [9.17, 15) is 49.3 Å². The Morgan fingerprint density at radius 2 is 0.907 bits per heavy atom. The lowest BCUT2D eigenvalue weighted by Gasteiger charge is -2.37. The van der Waals surface area contributed by atoms with Crippen LogP contribution >= 0.6 is 0 Å². The summed E-state index contributed by atoms with van der Waals surface area (Å²) in [6.07, 6.45) is 4.93. The standard InChI is InChI=1S/C100H76N4OSi2/c1-100(2,3)79-61-62-101-98(68-79)104-93-55-29-28-53-91(93)92-59-58-82(70-95(92)104)105-81-39-31-38-80(69-81)102-71-103(94-60-57-75(67-96(94)102)74-37-30-52-89(66-74)106(83-40-16-6-17-41-83,84-42-18-7-19-43-84)85-44-20-8-21-45-85)99-90(78-64-76(72-33-12-4-13-34-72)63-77(65-78)73-35-14-5-15-36-73)54-32-56-97(99)107(86-46-22-9-23-47-86,87-48-24-10-25-49-87)88-50-26-11-27-51-88/h4-70H,1-3H3/i4D,5D,6D,7D,8D,9D,10D,11D,12D,13D,14D,15D,16D,17D,18D,19D,20D,22D,23D,24D,25D,26D,27D,30D,33D,34D,35D,36D,37D,40D,41D,42D,43D,44D,46D,47D,48D,49D,50D,51D,52D,63D,64D,65D,66D. The van der Waals surface area contributed by atoms with E-state index in [1.807, 2.05) is 61.7 Å². The molecule has 0 amide bonds. The van der Waals surface area contributed by atoms with Crippen molar-refractivity contribution in [1.82, 2.24) is 14.1 Å². The number of benzene rings is 15. The normalized spacial score (nSPS) is 17.8. The Morgan fingerprint density at radius 1 is 0.374 bits per heavy atom. The van der Waals surface area contributed by atoms with Gasteiger partial charge in [-0.1, -0.05) is 341 Å². The molecule has 0 saturated heterocycles. The number of fused-ring (bicyclic) bond motifs is 4. The minimum Gasteiger partial charge on any atom is -0.458 e. The highest BCUT2D eigenvalue weighted by Gasteiger charge is 2.45. The van der Waals surface area contributed by atoms with Crippen molar-refractivity contribution in [3.8, 4) is 73.2 Å². The van der Waals surface area contributed by atoms with Crippen LogP contribution in [0.25, 0.3) is 94.5 Å². The molecule has 15 aromatic carbocycles. The molecule has 3 aromatic heterocycles. The second-order valence-electron chi connectivity index (χ2n) is 25.4. The zero-order chi connectivity index (χ0) is 111. The van der Waals surface area contributed by atoms with Crippen LogP contribution in [0.2, 0.25) is 0 Å². The predicted molar refractivity (Wildman–Crippen MR) is 450 cm³/mol. The highest BCUT2D eigenvalue weighted by molar-refractivity contribution is 7.20. The summed E-state index contributed by atoms with van der Waals surface area (Å²) in [4.78, 5) is 4.84. The fraction of sp³-hybridized carbons (Fsp3) is 0.0400. The smallest absolute Gasteiger partial charge is 0.269 e. The van der Waals surface area contributed by atoms with Gasteiger partial charge in [0.25, 0.3) is 6.33 Å². The molecule has 0 aliphatic heterocycles. The Bertz CT molecular complexity index is 8640. The Hall–Kier alpha value is -13.0. The topological polar surface area (TPSA) is 35.9 Å². The second kappa shape index (κ2) is 27.9. The molecule has 0 unspecified atom stereocenters. The average Bonchev–Trinajstić information content (AvgIpc) is 1.06. The summed E-state index contributed by atoms with van der Waals surface area (Å²) in [5.74, 6) is 0.583. The first-order valence-corrected chi connectivity index (χ1v) is 37.1. The summed E-state index contributed by atoms with van der Waals surface area (Å²) in [6.45, 7) is 6.10. The molecule has 0 atom stereocenters. The first-order valence-electron chi connectivity index (χ1n) is 55.6. The van der Waals surface area contributed by atoms with Crippen molar-refractivity contribution in [1.29, 1.82) is 0 Å². The Labute approximate surface area is 690 Å². The molecule has 5 nitrogen and oxygen atoms in total. The molecule has 0 N–H and O–H groups in total. The molecule has 18 aromatic rings. The van der Waals surface area contributed by atoms with Crippen LogP contribution < -0.4 is 50.8 Å². The number of pyridine rings is 1. The van der Waals surface area contributed by atoms with Crippen molar-refractivity contribution in [2.24, 2.45) is 0 Å². The SMILES string of the molecule is [2H]c1ccc([Si](c2c([2H])c([2H])c([2H])c([2H])c2[2H])(c2c([2H])c([2H])c([2H])c([2H])c2[2H])c2c([2H])c([2H])c([2H])c(-c3ccc4c(c3)n(-c3cccc(Oc5ccc6c7ccccc7n(-c7cc(C(C)(C)C)ccn7)c6c5)c3)[c-][n+]4-c3c(-c4c([2H])c(-c5c([2H])c([2H])c([2H])c([2H])c5[2H])c([2H])c(-c5c([2H])c([2H])c([2H])c([2H])c5[2H])c4[2H])cccc3[Si](c3c([2H])c([2H])c([2H])c([2H])c3[2H])(c3c([2H])c([2H])c([2H])c([2H])c3[2H])c3c([2H])c([2H])c([2H])c([2H])c3[2H])c2[2H])c([2H])c1[2H]. The van der Waals surface area contributed by atoms with Gasteiger partial charge in [0.05, 0.1) is 95.1 Å². The first-order chi connectivity index (χ1) is 71.4. The minimum atomic E-state index is -6.85. The highest BCUT2D eigenvalue weighted by Crippen LogP contribution is 2.39. The molecule has 0 saturated carbocycles. The number of hydrogen-bond donors (Lipinski definition) is 0. The van der Waals surface area contributed by atoms with Crippen molar-refractivity contribution < 1.29 is 71.0 Å². The summed E-state index contributed by atoms with van der Waals surface area (Å²) in [6, 6.07) is -23.7. The molecular weight excluding hydrogens is 1330 g/mol. The van der Waals surface area contributed by atoms with Gasteiger partial charge in [0.1, 0.15) is 17.3 Å². The van der Waals surface area contributed by atoms with Crippen LogP contribution in [0.3, 0.4) is 0 Å². The number of para-hydroxylation sites is 2. The third kappa shape index (κ3) is 11.9. The predicted octanol–water partition coefficient (Wildman–Crippen LogP) is 18.7. The monoisotopic (exact) mass is 1450 g/mol. The van der Waals surface area contributed by atoms with Crippen molar-refractivity contribution in [2.75, 3.05) is 0 Å². The molecule has 0 bridgehead atoms. The first kappa shape index (κ1) is 33.4. The number of hydrogen-bond acceptors (Lipinski definition) is 2. The van der Waals surface area contributed by atoms with E-state index in [1.54, 1.807) is 24.4 Å². The third-order valence-electron chi connectivity index (χ3n) is 18.3. The molecule has 18 rings (SSSR count). The van der Waals surface area contributed by atoms with E-state index in [4.69, 9.17) is 22.1 Å². The van der Waals surface area contributed by atoms with Gasteiger partial charge < -0.3 is 4.74 Å². The average molecular weight is 1450 g/mol. The van der Waals surface area contributed by atoms with Gasteiger partial charge in [-0.05, 0) is 170 Å². The van der Waals surface area contributed by atoms with E-state index >= 15 is 0 Å². The lowest BCUT2D eigenvalue weighted by molar-refractivity contribution is -0.570. The van der Waals surface area contributed by atoms with Crippen LogP contribution in [0.1, 0.15) is 88.0 Å². The summed E-state index contributed by atoms with van der Waals surface area (Å²) < 4.78 is 449. The van der Waals surface area contributed by atoms with E-state index in [2.05, 4.69) is 6.33 Å². The number of aromatic nitrogens is 4. The number of rotatable bonds is 17. The van der Waals surface area contributed by atoms with E-state index in [1.165, 1.54) is 24.3 Å². The number of nitrogens with zero attached hydrogens (tertiary/aromatic N) is 4. The number of ether oxygens (including phenoxy) is 1. The van der Waals surface area contributed by atoms with Crippen molar-refractivity contribution in [2.45, 2.75) is 26.2 Å². The molecule has 0 radical (unpaired) electrons. The summed E-state index contributed by atoms with van der Waals surface area (Å²) >= 11 is 0. The van der Waals surface area contributed by atoms with Gasteiger partial charge in [0.15, 0.2) is 16.1 Å². The largest absolute Gasteiger partial charge is 0.458 e. The van der Waals surface area contributed by atoms with Crippen molar-refractivity contribution in [3.05, 3.63) is 417 Å². The summed E-state index contributed by atoms with van der Waals surface area (Å²) in [7, 11) is -13.2. The minimum absolute atomic E-state index is 0.0685. The third-order valence-corrected chi connectivity index (χ3v) is 26.6.